The van der Waals surface area contributed by atoms with Gasteiger partial charge in [-0.05, 0) is 19.8 Å². The average Bonchev–Trinajstić information content (AvgIpc) is 2.40. The monoisotopic (exact) mass is 214 g/mol. The molecule has 4 N–H and O–H groups in total. The van der Waals surface area contributed by atoms with Crippen LogP contribution in [0.3, 0.4) is 0 Å². The third-order valence-corrected chi connectivity index (χ3v) is 3.20. The minimum Gasteiger partial charge on any atom is -0.389 e. The maximum absolute atomic E-state index is 10.8. The summed E-state index contributed by atoms with van der Waals surface area (Å²) in [6.07, 6.45) is 6.20. The Morgan fingerprint density at radius 3 is 2.40 bits per heavy atom. The standard InChI is InChI=1S/C11H22N2O2/c1-9(10(12)14)13-8-11(15)6-4-2-3-5-7-11/h9,13,15H,2-8H2,1H3,(H2,12,14). The molecule has 0 spiro atoms. The third-order valence-electron chi connectivity index (χ3n) is 3.20. The van der Waals surface area contributed by atoms with Crippen molar-refractivity contribution < 1.29 is 9.90 Å². The van der Waals surface area contributed by atoms with Crippen LogP contribution in [0.25, 0.3) is 0 Å². The molecule has 1 saturated carbocycles. The Morgan fingerprint density at radius 1 is 1.40 bits per heavy atom. The molecule has 0 aromatic heterocycles. The van der Waals surface area contributed by atoms with Crippen molar-refractivity contribution in [1.82, 2.24) is 5.32 Å². The van der Waals surface area contributed by atoms with E-state index in [1.54, 1.807) is 6.92 Å². The van der Waals surface area contributed by atoms with Crippen LogP contribution >= 0.6 is 0 Å². The summed E-state index contributed by atoms with van der Waals surface area (Å²) in [6.45, 7) is 2.19. The van der Waals surface area contributed by atoms with Crippen molar-refractivity contribution in [3.8, 4) is 0 Å². The number of rotatable bonds is 4. The molecule has 1 unspecified atom stereocenters. The Morgan fingerprint density at radius 2 is 1.93 bits per heavy atom. The van der Waals surface area contributed by atoms with Gasteiger partial charge in [-0.3, -0.25) is 4.79 Å². The highest BCUT2D eigenvalue weighted by Crippen LogP contribution is 2.26. The molecule has 4 heteroatoms. The van der Waals surface area contributed by atoms with Gasteiger partial charge < -0.3 is 16.2 Å². The van der Waals surface area contributed by atoms with Crippen LogP contribution in [-0.4, -0.2) is 29.2 Å². The number of amides is 1. The van der Waals surface area contributed by atoms with Gasteiger partial charge in [-0.25, -0.2) is 0 Å². The molecule has 0 saturated heterocycles. The minimum atomic E-state index is -0.639. The van der Waals surface area contributed by atoms with Crippen LogP contribution < -0.4 is 11.1 Å². The van der Waals surface area contributed by atoms with Gasteiger partial charge in [0.1, 0.15) is 0 Å². The lowest BCUT2D eigenvalue weighted by molar-refractivity contribution is -0.119. The zero-order valence-corrected chi connectivity index (χ0v) is 9.46. The van der Waals surface area contributed by atoms with E-state index < -0.39 is 5.60 Å². The van der Waals surface area contributed by atoms with Crippen molar-refractivity contribution in [1.29, 1.82) is 0 Å². The van der Waals surface area contributed by atoms with Gasteiger partial charge in [0, 0.05) is 6.54 Å². The lowest BCUT2D eigenvalue weighted by Crippen LogP contribution is -2.47. The molecule has 0 aromatic carbocycles. The van der Waals surface area contributed by atoms with Gasteiger partial charge in [0.05, 0.1) is 11.6 Å². The van der Waals surface area contributed by atoms with Crippen molar-refractivity contribution in [3.63, 3.8) is 0 Å². The lowest BCUT2D eigenvalue weighted by Gasteiger charge is -2.28. The average molecular weight is 214 g/mol. The predicted molar refractivity (Wildman–Crippen MR) is 59.3 cm³/mol. The number of primary amides is 1. The van der Waals surface area contributed by atoms with Crippen LogP contribution in [0.5, 0.6) is 0 Å². The molecule has 1 atom stereocenters. The third kappa shape index (κ3) is 4.18. The van der Waals surface area contributed by atoms with E-state index in [2.05, 4.69) is 5.32 Å². The summed E-state index contributed by atoms with van der Waals surface area (Å²) in [5.74, 6) is -0.368. The van der Waals surface area contributed by atoms with Gasteiger partial charge in [-0.1, -0.05) is 25.7 Å². The van der Waals surface area contributed by atoms with E-state index in [4.69, 9.17) is 5.73 Å². The number of carbonyl (C=O) groups excluding carboxylic acids is 1. The molecule has 1 rings (SSSR count). The highest BCUT2D eigenvalue weighted by molar-refractivity contribution is 5.79. The van der Waals surface area contributed by atoms with E-state index in [-0.39, 0.29) is 11.9 Å². The number of hydrogen-bond acceptors (Lipinski definition) is 3. The minimum absolute atomic E-state index is 0.364. The maximum Gasteiger partial charge on any atom is 0.234 e. The van der Waals surface area contributed by atoms with Crippen molar-refractivity contribution >= 4 is 5.91 Å². The topological polar surface area (TPSA) is 75.3 Å². The van der Waals surface area contributed by atoms with Gasteiger partial charge in [0.2, 0.25) is 5.91 Å². The first kappa shape index (κ1) is 12.5. The molecular formula is C11H22N2O2. The molecule has 88 valence electrons. The van der Waals surface area contributed by atoms with E-state index in [0.29, 0.717) is 6.54 Å². The van der Waals surface area contributed by atoms with Gasteiger partial charge in [0.15, 0.2) is 0 Å². The first-order chi connectivity index (χ1) is 7.03. The van der Waals surface area contributed by atoms with E-state index >= 15 is 0 Å². The van der Waals surface area contributed by atoms with Crippen LogP contribution in [0.4, 0.5) is 0 Å². The van der Waals surface area contributed by atoms with E-state index in [0.717, 1.165) is 25.7 Å². The summed E-state index contributed by atoms with van der Waals surface area (Å²) in [4.78, 5) is 10.8. The second-order valence-electron chi connectivity index (χ2n) is 4.64. The molecule has 1 amide bonds. The highest BCUT2D eigenvalue weighted by Gasteiger charge is 2.28. The van der Waals surface area contributed by atoms with E-state index in [1.165, 1.54) is 12.8 Å². The zero-order chi connectivity index (χ0) is 11.3. The van der Waals surface area contributed by atoms with Crippen LogP contribution in [-0.2, 0) is 4.79 Å². The Kier molecular flexibility index (Phi) is 4.54. The number of nitrogens with two attached hydrogens (primary N) is 1. The molecule has 1 aliphatic rings. The Labute approximate surface area is 91.2 Å². The summed E-state index contributed by atoms with van der Waals surface area (Å²) < 4.78 is 0. The first-order valence-electron chi connectivity index (χ1n) is 5.79. The second kappa shape index (κ2) is 5.47. The van der Waals surface area contributed by atoms with Crippen LogP contribution in [0, 0.1) is 0 Å². The Balaban J connectivity index is 2.37. The molecule has 4 nitrogen and oxygen atoms in total. The van der Waals surface area contributed by atoms with Gasteiger partial charge in [-0.2, -0.15) is 0 Å². The fourth-order valence-corrected chi connectivity index (χ4v) is 2.01. The Bertz CT molecular complexity index is 211. The second-order valence-corrected chi connectivity index (χ2v) is 4.64. The summed E-state index contributed by atoms with van der Waals surface area (Å²) in [5, 5.41) is 13.3. The summed E-state index contributed by atoms with van der Waals surface area (Å²) >= 11 is 0. The van der Waals surface area contributed by atoms with Gasteiger partial charge in [0.25, 0.3) is 0 Å². The van der Waals surface area contributed by atoms with Crippen LogP contribution in [0.1, 0.15) is 45.4 Å². The fraction of sp³-hybridized carbons (Fsp3) is 0.909. The normalized spacial score (nSPS) is 23.1. The van der Waals surface area contributed by atoms with Crippen LogP contribution in [0.2, 0.25) is 0 Å². The fourth-order valence-electron chi connectivity index (χ4n) is 2.01. The molecule has 1 fully saturated rings. The van der Waals surface area contributed by atoms with Gasteiger partial charge >= 0.3 is 0 Å². The van der Waals surface area contributed by atoms with Crippen molar-refractivity contribution in [3.05, 3.63) is 0 Å². The molecule has 0 aromatic rings. The van der Waals surface area contributed by atoms with E-state index in [1.807, 2.05) is 0 Å². The van der Waals surface area contributed by atoms with Crippen molar-refractivity contribution in [2.24, 2.45) is 5.73 Å². The van der Waals surface area contributed by atoms with Crippen LogP contribution in [0.15, 0.2) is 0 Å². The molecule has 0 aliphatic heterocycles. The smallest absolute Gasteiger partial charge is 0.234 e. The van der Waals surface area contributed by atoms with Gasteiger partial charge in [-0.15, -0.1) is 0 Å². The molecule has 0 radical (unpaired) electrons. The van der Waals surface area contributed by atoms with Crippen molar-refractivity contribution in [2.45, 2.75) is 57.1 Å². The maximum atomic E-state index is 10.8. The zero-order valence-electron chi connectivity index (χ0n) is 9.46. The molecule has 0 bridgehead atoms. The highest BCUT2D eigenvalue weighted by atomic mass is 16.3. The molecule has 0 heterocycles. The molecule has 1 aliphatic carbocycles. The Hall–Kier alpha value is -0.610. The number of carbonyl (C=O) groups is 1. The van der Waals surface area contributed by atoms with E-state index in [9.17, 15) is 9.90 Å². The number of hydrogen-bond donors (Lipinski definition) is 3. The summed E-state index contributed by atoms with van der Waals surface area (Å²) in [6, 6.07) is -0.364. The lowest BCUT2D eigenvalue weighted by atomic mass is 9.94. The predicted octanol–water partition coefficient (Wildman–Crippen LogP) is 0.535. The van der Waals surface area contributed by atoms with Crippen molar-refractivity contribution in [2.75, 3.05) is 6.54 Å². The number of aliphatic hydroxyl groups is 1. The molecule has 15 heavy (non-hydrogen) atoms. The quantitative estimate of drug-likeness (QED) is 0.598. The SMILES string of the molecule is CC(NCC1(O)CCCCCC1)C(N)=O. The largest absolute Gasteiger partial charge is 0.389 e. The summed E-state index contributed by atoms with van der Waals surface area (Å²) in [5.41, 5.74) is 4.50. The summed E-state index contributed by atoms with van der Waals surface area (Å²) in [7, 11) is 0. The molecular weight excluding hydrogens is 192 g/mol. The first-order valence-corrected chi connectivity index (χ1v) is 5.79. The number of nitrogens with one attached hydrogen (secondary N) is 1.